The number of amides is 2. The number of nitrogens with zero attached hydrogens (tertiary/aromatic N) is 1. The van der Waals surface area contributed by atoms with Gasteiger partial charge in [0, 0.05) is 12.1 Å². The lowest BCUT2D eigenvalue weighted by Crippen LogP contribution is -2.54. The fourth-order valence-electron chi connectivity index (χ4n) is 1.98. The summed E-state index contributed by atoms with van der Waals surface area (Å²) in [6, 6.07) is 0.303. The molecule has 0 aromatic heterocycles. The summed E-state index contributed by atoms with van der Waals surface area (Å²) in [4.78, 5) is 45.3. The van der Waals surface area contributed by atoms with Gasteiger partial charge in [0.1, 0.15) is 12.7 Å². The van der Waals surface area contributed by atoms with E-state index in [0.29, 0.717) is 0 Å². The number of alkyl halides is 1. The van der Waals surface area contributed by atoms with Crippen molar-refractivity contribution in [3.05, 3.63) is 38.9 Å². The Kier molecular flexibility index (Phi) is 7.44. The Labute approximate surface area is 152 Å². The second-order valence-corrected chi connectivity index (χ2v) is 6.08. The van der Waals surface area contributed by atoms with Gasteiger partial charge in [-0.2, -0.15) is 0 Å². The van der Waals surface area contributed by atoms with Crippen molar-refractivity contribution >= 4 is 35.1 Å². The average molecular weight is 390 g/mol. The van der Waals surface area contributed by atoms with E-state index in [1.54, 1.807) is 13.8 Å². The number of aliphatic carboxylic acids is 1. The monoisotopic (exact) mass is 389 g/mol. The number of nitrogens with one attached hydrogen (secondary N) is 2. The lowest BCUT2D eigenvalue weighted by molar-refractivity contribution is -0.384. The van der Waals surface area contributed by atoms with E-state index in [1.807, 2.05) is 5.32 Å². The molecule has 1 aromatic carbocycles. The van der Waals surface area contributed by atoms with Crippen molar-refractivity contribution in [2.45, 2.75) is 25.9 Å². The number of carbonyl (C=O) groups is 3. The fourth-order valence-corrected chi connectivity index (χ4v) is 2.24. The van der Waals surface area contributed by atoms with Gasteiger partial charge in [-0.25, -0.2) is 9.18 Å². The zero-order valence-corrected chi connectivity index (χ0v) is 14.6. The normalized spacial score (nSPS) is 13.0. The number of nitro groups is 1. The van der Waals surface area contributed by atoms with Crippen LogP contribution in [0.15, 0.2) is 18.2 Å². The van der Waals surface area contributed by atoms with Crippen molar-refractivity contribution in [1.82, 2.24) is 10.6 Å². The van der Waals surface area contributed by atoms with Gasteiger partial charge in [-0.05, 0) is 12.0 Å². The largest absolute Gasteiger partial charge is 0.480 e. The van der Waals surface area contributed by atoms with Crippen LogP contribution in [0.4, 0.5) is 10.1 Å². The average Bonchev–Trinajstić information content (AvgIpc) is 2.56. The molecule has 11 heteroatoms. The minimum absolute atomic E-state index is 0.101. The number of rotatable bonds is 8. The predicted octanol–water partition coefficient (Wildman–Crippen LogP) is 1.54. The van der Waals surface area contributed by atoms with Gasteiger partial charge in [-0.1, -0.05) is 25.4 Å². The molecular weight excluding hydrogens is 373 g/mol. The fraction of sp³-hybridized carbons (Fsp3) is 0.400. The summed E-state index contributed by atoms with van der Waals surface area (Å²) in [6.07, 6.45) is 0. The van der Waals surface area contributed by atoms with Crippen LogP contribution in [0.2, 0.25) is 5.02 Å². The molecular formula is C15H17ClFN3O6. The number of benzene rings is 1. The van der Waals surface area contributed by atoms with Crippen molar-refractivity contribution in [3.8, 4) is 0 Å². The quantitative estimate of drug-likeness (QED) is 0.455. The third-order valence-electron chi connectivity index (χ3n) is 3.41. The van der Waals surface area contributed by atoms with Crippen LogP contribution in [0.3, 0.4) is 0 Å². The van der Waals surface area contributed by atoms with Gasteiger partial charge in [-0.15, -0.1) is 0 Å². The summed E-state index contributed by atoms with van der Waals surface area (Å²) in [5, 5.41) is 23.7. The van der Waals surface area contributed by atoms with Gasteiger partial charge in [0.15, 0.2) is 6.04 Å². The number of halogens is 2. The van der Waals surface area contributed by atoms with E-state index in [0.717, 1.165) is 18.2 Å². The Morgan fingerprint density at radius 1 is 1.31 bits per heavy atom. The molecule has 0 aliphatic carbocycles. The molecule has 0 fully saturated rings. The highest BCUT2D eigenvalue weighted by atomic mass is 35.5. The number of carboxylic acids is 1. The van der Waals surface area contributed by atoms with Crippen LogP contribution in [0.1, 0.15) is 24.2 Å². The SMILES string of the molecule is CC(C)C(NC(=O)c1ccc([N+](=O)[O-])cc1Cl)C(=O)NC(CF)C(=O)O. The first-order valence-electron chi connectivity index (χ1n) is 7.42. The van der Waals surface area contributed by atoms with E-state index in [9.17, 15) is 28.9 Å². The molecule has 1 aromatic rings. The van der Waals surface area contributed by atoms with Crippen molar-refractivity contribution in [3.63, 3.8) is 0 Å². The molecule has 1 rings (SSSR count). The summed E-state index contributed by atoms with van der Waals surface area (Å²) in [5.41, 5.74) is -0.409. The number of nitro benzene ring substituents is 1. The highest BCUT2D eigenvalue weighted by molar-refractivity contribution is 6.34. The lowest BCUT2D eigenvalue weighted by Gasteiger charge is -2.23. The van der Waals surface area contributed by atoms with Gasteiger partial charge in [0.25, 0.3) is 11.6 Å². The molecule has 0 bridgehead atoms. The second kappa shape index (κ2) is 9.09. The molecule has 0 saturated carbocycles. The van der Waals surface area contributed by atoms with Crippen molar-refractivity contribution in [2.24, 2.45) is 5.92 Å². The standard InChI is InChI=1S/C15H17ClFN3O6/c1-7(2)12(14(22)18-11(6-17)15(23)24)19-13(21)9-4-3-8(20(25)26)5-10(9)16/h3-5,7,11-12H,6H2,1-2H3,(H,18,22)(H,19,21)(H,23,24). The maximum absolute atomic E-state index is 12.7. The maximum atomic E-state index is 12.7. The van der Waals surface area contributed by atoms with Crippen LogP contribution in [0.25, 0.3) is 0 Å². The number of non-ortho nitro benzene ring substituents is 1. The third-order valence-corrected chi connectivity index (χ3v) is 3.73. The minimum atomic E-state index is -1.73. The Bertz CT molecular complexity index is 727. The van der Waals surface area contributed by atoms with Crippen LogP contribution in [0.5, 0.6) is 0 Å². The first kappa shape index (κ1) is 21.3. The number of carboxylic acid groups (broad SMARTS) is 1. The topological polar surface area (TPSA) is 139 Å². The maximum Gasteiger partial charge on any atom is 0.328 e. The molecule has 3 N–H and O–H groups in total. The molecule has 26 heavy (non-hydrogen) atoms. The molecule has 0 radical (unpaired) electrons. The molecule has 0 aliphatic rings. The van der Waals surface area contributed by atoms with E-state index < -0.39 is 47.4 Å². The van der Waals surface area contributed by atoms with Gasteiger partial charge < -0.3 is 15.7 Å². The molecule has 0 heterocycles. The number of hydrogen-bond donors (Lipinski definition) is 3. The lowest BCUT2D eigenvalue weighted by atomic mass is 10.0. The van der Waals surface area contributed by atoms with E-state index in [2.05, 4.69) is 5.32 Å². The minimum Gasteiger partial charge on any atom is -0.480 e. The zero-order chi connectivity index (χ0) is 20.0. The summed E-state index contributed by atoms with van der Waals surface area (Å²) in [6.45, 7) is 1.87. The second-order valence-electron chi connectivity index (χ2n) is 5.67. The van der Waals surface area contributed by atoms with Crippen LogP contribution >= 0.6 is 11.6 Å². The molecule has 0 spiro atoms. The van der Waals surface area contributed by atoms with Crippen LogP contribution < -0.4 is 10.6 Å². The van der Waals surface area contributed by atoms with Crippen molar-refractivity contribution in [1.29, 1.82) is 0 Å². The Balaban J connectivity index is 2.97. The van der Waals surface area contributed by atoms with Crippen LogP contribution in [-0.2, 0) is 9.59 Å². The first-order valence-corrected chi connectivity index (χ1v) is 7.80. The predicted molar refractivity (Wildman–Crippen MR) is 89.7 cm³/mol. The van der Waals surface area contributed by atoms with Crippen LogP contribution in [-0.4, -0.2) is 46.6 Å². The molecule has 9 nitrogen and oxygen atoms in total. The van der Waals surface area contributed by atoms with Crippen LogP contribution in [0, 0.1) is 16.0 Å². The van der Waals surface area contributed by atoms with E-state index >= 15 is 0 Å². The highest BCUT2D eigenvalue weighted by Gasteiger charge is 2.29. The Hall–Kier alpha value is -2.75. The summed E-state index contributed by atoms with van der Waals surface area (Å²) < 4.78 is 12.7. The molecule has 2 unspecified atom stereocenters. The Morgan fingerprint density at radius 3 is 2.35 bits per heavy atom. The highest BCUT2D eigenvalue weighted by Crippen LogP contribution is 2.22. The first-order chi connectivity index (χ1) is 12.1. The number of carbonyl (C=O) groups excluding carboxylic acids is 2. The molecule has 142 valence electrons. The molecule has 2 atom stereocenters. The van der Waals surface area contributed by atoms with E-state index in [1.165, 1.54) is 0 Å². The smallest absolute Gasteiger partial charge is 0.328 e. The molecule has 0 aliphatic heterocycles. The van der Waals surface area contributed by atoms with Gasteiger partial charge in [0.05, 0.1) is 15.5 Å². The van der Waals surface area contributed by atoms with Gasteiger partial charge >= 0.3 is 5.97 Å². The molecule has 2 amide bonds. The van der Waals surface area contributed by atoms with E-state index in [-0.39, 0.29) is 16.3 Å². The van der Waals surface area contributed by atoms with Gasteiger partial charge in [0.2, 0.25) is 5.91 Å². The van der Waals surface area contributed by atoms with Crippen molar-refractivity contribution in [2.75, 3.05) is 6.67 Å². The summed E-state index contributed by atoms with van der Waals surface area (Å²) >= 11 is 5.87. The van der Waals surface area contributed by atoms with Crippen molar-refractivity contribution < 1.29 is 28.8 Å². The Morgan fingerprint density at radius 2 is 1.92 bits per heavy atom. The summed E-state index contributed by atoms with van der Waals surface area (Å²) in [7, 11) is 0. The summed E-state index contributed by atoms with van der Waals surface area (Å²) in [5.74, 6) is -3.67. The zero-order valence-electron chi connectivity index (χ0n) is 13.9. The third kappa shape index (κ3) is 5.38. The van der Waals surface area contributed by atoms with Gasteiger partial charge in [-0.3, -0.25) is 19.7 Å². The van der Waals surface area contributed by atoms with E-state index in [4.69, 9.17) is 16.7 Å². The number of hydrogen-bond acceptors (Lipinski definition) is 5. The molecule has 0 saturated heterocycles.